The van der Waals surface area contributed by atoms with Crippen LogP contribution in [0, 0.1) is 20.8 Å². The van der Waals surface area contributed by atoms with Gasteiger partial charge in [0.05, 0.1) is 19.8 Å². The van der Waals surface area contributed by atoms with Crippen molar-refractivity contribution >= 4 is 5.97 Å². The molecule has 0 spiro atoms. The van der Waals surface area contributed by atoms with Crippen LogP contribution in [-0.4, -0.2) is 26.8 Å². The summed E-state index contributed by atoms with van der Waals surface area (Å²) >= 11 is 0. The molecule has 0 aliphatic rings. The molecule has 0 saturated heterocycles. The van der Waals surface area contributed by atoms with E-state index in [2.05, 4.69) is 27.7 Å². The lowest BCUT2D eigenvalue weighted by molar-refractivity contribution is 0.0549. The predicted molar refractivity (Wildman–Crippen MR) is 113 cm³/mol. The Morgan fingerprint density at radius 3 is 2.14 bits per heavy atom. The van der Waals surface area contributed by atoms with E-state index in [9.17, 15) is 4.79 Å². The molecule has 0 aliphatic carbocycles. The molecule has 0 aromatic heterocycles. The van der Waals surface area contributed by atoms with Gasteiger partial charge in [-0.1, -0.05) is 23.8 Å². The van der Waals surface area contributed by atoms with Crippen molar-refractivity contribution in [1.29, 1.82) is 0 Å². The first-order valence-electron chi connectivity index (χ1n) is 9.49. The van der Waals surface area contributed by atoms with Gasteiger partial charge >= 0.3 is 5.97 Å². The third kappa shape index (κ3) is 4.94. The SMILES string of the molecule is COc1c(C)c(C)c(OC)c(CCC(C)=CCOC(=O)c2ccccc2)c1C. The Bertz CT molecular complexity index is 851. The van der Waals surface area contributed by atoms with Crippen molar-refractivity contribution in [3.8, 4) is 11.5 Å². The highest BCUT2D eigenvalue weighted by atomic mass is 16.5. The summed E-state index contributed by atoms with van der Waals surface area (Å²) in [7, 11) is 3.42. The monoisotopic (exact) mass is 382 g/mol. The van der Waals surface area contributed by atoms with E-state index in [1.165, 1.54) is 5.57 Å². The molecule has 28 heavy (non-hydrogen) atoms. The summed E-state index contributed by atoms with van der Waals surface area (Å²) in [4.78, 5) is 12.0. The van der Waals surface area contributed by atoms with Crippen LogP contribution < -0.4 is 9.47 Å². The molecule has 0 heterocycles. The molecule has 2 aromatic rings. The summed E-state index contributed by atoms with van der Waals surface area (Å²) in [5, 5.41) is 0. The summed E-state index contributed by atoms with van der Waals surface area (Å²) in [6.07, 6.45) is 3.65. The van der Waals surface area contributed by atoms with E-state index in [1.54, 1.807) is 26.4 Å². The van der Waals surface area contributed by atoms with Gasteiger partial charge in [-0.3, -0.25) is 0 Å². The van der Waals surface area contributed by atoms with E-state index in [4.69, 9.17) is 14.2 Å². The third-order valence-corrected chi connectivity index (χ3v) is 5.14. The van der Waals surface area contributed by atoms with Gasteiger partial charge in [0.15, 0.2) is 0 Å². The number of rotatable bonds is 8. The highest BCUT2D eigenvalue weighted by molar-refractivity contribution is 5.89. The van der Waals surface area contributed by atoms with Crippen LogP contribution >= 0.6 is 0 Å². The van der Waals surface area contributed by atoms with Gasteiger partial charge in [-0.2, -0.15) is 0 Å². The normalized spacial score (nSPS) is 11.3. The largest absolute Gasteiger partial charge is 0.496 e. The van der Waals surface area contributed by atoms with Crippen molar-refractivity contribution in [2.24, 2.45) is 0 Å². The Hall–Kier alpha value is -2.75. The molecule has 0 fully saturated rings. The van der Waals surface area contributed by atoms with Crippen LogP contribution in [0.5, 0.6) is 11.5 Å². The molecule has 2 aromatic carbocycles. The number of hydrogen-bond acceptors (Lipinski definition) is 4. The van der Waals surface area contributed by atoms with Crippen LogP contribution in [0.1, 0.15) is 46.0 Å². The zero-order chi connectivity index (χ0) is 20.7. The van der Waals surface area contributed by atoms with E-state index < -0.39 is 0 Å². The second-order valence-electron chi connectivity index (χ2n) is 6.94. The molecule has 0 amide bonds. The number of carbonyl (C=O) groups excluding carboxylic acids is 1. The van der Waals surface area contributed by atoms with Crippen LogP contribution in [-0.2, 0) is 11.2 Å². The van der Waals surface area contributed by atoms with E-state index in [-0.39, 0.29) is 12.6 Å². The fraction of sp³-hybridized carbons (Fsp3) is 0.375. The summed E-state index contributed by atoms with van der Waals surface area (Å²) < 4.78 is 16.6. The maximum atomic E-state index is 12.0. The number of allylic oxidation sites excluding steroid dienone is 1. The molecule has 4 nitrogen and oxygen atoms in total. The minimum atomic E-state index is -0.305. The number of methoxy groups -OCH3 is 2. The smallest absolute Gasteiger partial charge is 0.338 e. The van der Waals surface area contributed by atoms with Crippen LogP contribution in [0.15, 0.2) is 42.0 Å². The number of carbonyl (C=O) groups is 1. The third-order valence-electron chi connectivity index (χ3n) is 5.14. The molecular formula is C24H30O4. The molecule has 0 bridgehead atoms. The second-order valence-corrected chi connectivity index (χ2v) is 6.94. The molecular weight excluding hydrogens is 352 g/mol. The number of esters is 1. The Morgan fingerprint density at radius 2 is 1.54 bits per heavy atom. The van der Waals surface area contributed by atoms with E-state index in [0.29, 0.717) is 5.56 Å². The van der Waals surface area contributed by atoms with Gasteiger partial charge in [0, 0.05) is 5.56 Å². The average molecular weight is 383 g/mol. The number of ether oxygens (including phenoxy) is 3. The molecule has 0 N–H and O–H groups in total. The lowest BCUT2D eigenvalue weighted by Gasteiger charge is -2.20. The zero-order valence-corrected chi connectivity index (χ0v) is 17.7. The van der Waals surface area contributed by atoms with Gasteiger partial charge in [0.2, 0.25) is 0 Å². The number of benzene rings is 2. The highest BCUT2D eigenvalue weighted by Crippen LogP contribution is 2.38. The topological polar surface area (TPSA) is 44.8 Å². The average Bonchev–Trinajstić information content (AvgIpc) is 2.70. The van der Waals surface area contributed by atoms with E-state index in [0.717, 1.165) is 46.6 Å². The van der Waals surface area contributed by atoms with Gasteiger partial charge in [-0.25, -0.2) is 4.79 Å². The van der Waals surface area contributed by atoms with E-state index in [1.807, 2.05) is 24.3 Å². The first-order chi connectivity index (χ1) is 13.4. The molecule has 0 radical (unpaired) electrons. The van der Waals surface area contributed by atoms with Crippen molar-refractivity contribution < 1.29 is 19.0 Å². The molecule has 0 unspecified atom stereocenters. The lowest BCUT2D eigenvalue weighted by Crippen LogP contribution is -2.06. The summed E-state index contributed by atoms with van der Waals surface area (Å²) in [6.45, 7) is 8.51. The fourth-order valence-electron chi connectivity index (χ4n) is 3.38. The Balaban J connectivity index is 2.04. The molecule has 4 heteroatoms. The summed E-state index contributed by atoms with van der Waals surface area (Å²) in [5.74, 6) is 1.55. The quantitative estimate of drug-likeness (QED) is 0.455. The maximum absolute atomic E-state index is 12.0. The Morgan fingerprint density at radius 1 is 0.929 bits per heavy atom. The second kappa shape index (κ2) is 9.98. The van der Waals surface area contributed by atoms with Crippen LogP contribution in [0.2, 0.25) is 0 Å². The molecule has 0 atom stereocenters. The van der Waals surface area contributed by atoms with Crippen LogP contribution in [0.3, 0.4) is 0 Å². The molecule has 0 aliphatic heterocycles. The van der Waals surface area contributed by atoms with Gasteiger partial charge < -0.3 is 14.2 Å². The highest BCUT2D eigenvalue weighted by Gasteiger charge is 2.18. The van der Waals surface area contributed by atoms with Crippen molar-refractivity contribution in [3.05, 3.63) is 69.8 Å². The fourth-order valence-corrected chi connectivity index (χ4v) is 3.38. The summed E-state index contributed by atoms with van der Waals surface area (Å²) in [6, 6.07) is 9.03. The lowest BCUT2D eigenvalue weighted by atomic mass is 9.93. The summed E-state index contributed by atoms with van der Waals surface area (Å²) in [5.41, 5.74) is 6.23. The Kier molecular flexibility index (Phi) is 7.68. The zero-order valence-electron chi connectivity index (χ0n) is 17.7. The van der Waals surface area contributed by atoms with Crippen LogP contribution in [0.4, 0.5) is 0 Å². The minimum Gasteiger partial charge on any atom is -0.496 e. The maximum Gasteiger partial charge on any atom is 0.338 e. The number of hydrogen-bond donors (Lipinski definition) is 0. The predicted octanol–water partition coefficient (Wildman–Crippen LogP) is 5.36. The molecule has 0 saturated carbocycles. The Labute approximate surface area is 168 Å². The van der Waals surface area contributed by atoms with Crippen molar-refractivity contribution in [2.75, 3.05) is 20.8 Å². The first kappa shape index (κ1) is 21.5. The molecule has 2 rings (SSSR count). The van der Waals surface area contributed by atoms with Crippen LogP contribution in [0.25, 0.3) is 0 Å². The van der Waals surface area contributed by atoms with Gasteiger partial charge in [-0.15, -0.1) is 0 Å². The van der Waals surface area contributed by atoms with E-state index >= 15 is 0 Å². The van der Waals surface area contributed by atoms with Crippen molar-refractivity contribution in [3.63, 3.8) is 0 Å². The van der Waals surface area contributed by atoms with Crippen molar-refractivity contribution in [1.82, 2.24) is 0 Å². The van der Waals surface area contributed by atoms with Gasteiger partial charge in [0.25, 0.3) is 0 Å². The van der Waals surface area contributed by atoms with Crippen molar-refractivity contribution in [2.45, 2.75) is 40.5 Å². The minimum absolute atomic E-state index is 0.270. The standard InChI is InChI=1S/C24H30O4/c1-16(14-15-28-24(25)20-10-8-7-9-11-20)12-13-21-19(4)22(26-5)17(2)18(3)23(21)27-6/h7-11,14H,12-13,15H2,1-6H3. The van der Waals surface area contributed by atoms with Gasteiger partial charge in [-0.05, 0) is 75.4 Å². The molecule has 150 valence electrons. The van der Waals surface area contributed by atoms with Gasteiger partial charge in [0.1, 0.15) is 18.1 Å². The first-order valence-corrected chi connectivity index (χ1v) is 9.49.